The standard InChI is InChI=1S/C7H12N2OS/c1-8-3-6-4-9-7(11-6)5-10-2/h4,8H,3,5H2,1-2H3. The fourth-order valence-corrected chi connectivity index (χ4v) is 1.70. The number of aromatic nitrogens is 1. The third-order valence-electron chi connectivity index (χ3n) is 1.22. The van der Waals surface area contributed by atoms with E-state index in [0.29, 0.717) is 6.61 Å². The Balaban J connectivity index is 2.51. The molecule has 62 valence electrons. The first-order chi connectivity index (χ1) is 5.36. The summed E-state index contributed by atoms with van der Waals surface area (Å²) in [4.78, 5) is 5.43. The van der Waals surface area contributed by atoms with Gasteiger partial charge in [0.15, 0.2) is 0 Å². The normalized spacial score (nSPS) is 10.4. The van der Waals surface area contributed by atoms with Crippen LogP contribution in [0.15, 0.2) is 6.20 Å². The molecule has 0 aliphatic rings. The van der Waals surface area contributed by atoms with Crippen molar-refractivity contribution in [2.45, 2.75) is 13.2 Å². The first-order valence-corrected chi connectivity index (χ1v) is 4.25. The van der Waals surface area contributed by atoms with Crippen molar-refractivity contribution in [2.75, 3.05) is 14.2 Å². The van der Waals surface area contributed by atoms with Crippen molar-refractivity contribution in [1.29, 1.82) is 0 Å². The Hall–Kier alpha value is -0.450. The van der Waals surface area contributed by atoms with Crippen molar-refractivity contribution in [3.8, 4) is 0 Å². The summed E-state index contributed by atoms with van der Waals surface area (Å²) in [5.41, 5.74) is 0. The number of nitrogens with one attached hydrogen (secondary N) is 1. The molecule has 0 aliphatic heterocycles. The van der Waals surface area contributed by atoms with Gasteiger partial charge >= 0.3 is 0 Å². The van der Waals surface area contributed by atoms with Crippen LogP contribution in [-0.4, -0.2) is 19.1 Å². The zero-order valence-electron chi connectivity index (χ0n) is 6.76. The van der Waals surface area contributed by atoms with E-state index in [4.69, 9.17) is 4.74 Å². The largest absolute Gasteiger partial charge is 0.378 e. The summed E-state index contributed by atoms with van der Waals surface area (Å²) in [7, 11) is 3.61. The molecule has 0 fully saturated rings. The Bertz CT molecular complexity index is 191. The summed E-state index contributed by atoms with van der Waals surface area (Å²) >= 11 is 1.68. The molecule has 1 aromatic rings. The van der Waals surface area contributed by atoms with E-state index in [9.17, 15) is 0 Å². The number of rotatable bonds is 4. The number of nitrogens with zero attached hydrogens (tertiary/aromatic N) is 1. The van der Waals surface area contributed by atoms with Crippen molar-refractivity contribution in [3.63, 3.8) is 0 Å². The number of thiazole rings is 1. The molecule has 1 heterocycles. The smallest absolute Gasteiger partial charge is 0.119 e. The molecule has 4 heteroatoms. The Morgan fingerprint density at radius 1 is 1.73 bits per heavy atom. The molecule has 0 aromatic carbocycles. The van der Waals surface area contributed by atoms with Gasteiger partial charge < -0.3 is 10.1 Å². The van der Waals surface area contributed by atoms with E-state index in [1.54, 1.807) is 18.4 Å². The van der Waals surface area contributed by atoms with Crippen molar-refractivity contribution in [1.82, 2.24) is 10.3 Å². The molecule has 0 saturated carbocycles. The van der Waals surface area contributed by atoms with Crippen molar-refractivity contribution >= 4 is 11.3 Å². The molecule has 0 saturated heterocycles. The average Bonchev–Trinajstić information content (AvgIpc) is 2.38. The lowest BCUT2D eigenvalue weighted by atomic mass is 10.5. The van der Waals surface area contributed by atoms with E-state index in [0.717, 1.165) is 11.6 Å². The average molecular weight is 172 g/mol. The van der Waals surface area contributed by atoms with Gasteiger partial charge in [0, 0.05) is 24.7 Å². The van der Waals surface area contributed by atoms with E-state index in [2.05, 4.69) is 10.3 Å². The van der Waals surface area contributed by atoms with Crippen LogP contribution in [0.2, 0.25) is 0 Å². The van der Waals surface area contributed by atoms with Gasteiger partial charge in [0.1, 0.15) is 5.01 Å². The second kappa shape index (κ2) is 4.43. The molecule has 0 radical (unpaired) electrons. The van der Waals surface area contributed by atoms with Crippen LogP contribution in [0.3, 0.4) is 0 Å². The van der Waals surface area contributed by atoms with Gasteiger partial charge in [-0.1, -0.05) is 0 Å². The minimum Gasteiger partial charge on any atom is -0.378 e. The van der Waals surface area contributed by atoms with Crippen LogP contribution in [0.25, 0.3) is 0 Å². The molecule has 11 heavy (non-hydrogen) atoms. The molecule has 0 unspecified atom stereocenters. The third kappa shape index (κ3) is 2.57. The highest BCUT2D eigenvalue weighted by Crippen LogP contribution is 2.12. The number of ether oxygens (including phenoxy) is 1. The van der Waals surface area contributed by atoms with Gasteiger partial charge in [-0.05, 0) is 7.05 Å². The number of hydrogen-bond acceptors (Lipinski definition) is 4. The minimum absolute atomic E-state index is 0.619. The van der Waals surface area contributed by atoms with Crippen LogP contribution < -0.4 is 5.32 Å². The quantitative estimate of drug-likeness (QED) is 0.736. The monoisotopic (exact) mass is 172 g/mol. The van der Waals surface area contributed by atoms with Gasteiger partial charge in [0.25, 0.3) is 0 Å². The van der Waals surface area contributed by atoms with E-state index < -0.39 is 0 Å². The predicted molar refractivity (Wildman–Crippen MR) is 45.6 cm³/mol. The van der Waals surface area contributed by atoms with Gasteiger partial charge in [-0.2, -0.15) is 0 Å². The topological polar surface area (TPSA) is 34.2 Å². The van der Waals surface area contributed by atoms with Crippen LogP contribution >= 0.6 is 11.3 Å². The summed E-state index contributed by atoms with van der Waals surface area (Å²) in [6.07, 6.45) is 1.88. The predicted octanol–water partition coefficient (Wildman–Crippen LogP) is 1.01. The lowest BCUT2D eigenvalue weighted by Gasteiger charge is -1.91. The first-order valence-electron chi connectivity index (χ1n) is 3.44. The Kier molecular flexibility index (Phi) is 3.48. The van der Waals surface area contributed by atoms with Gasteiger partial charge in [0.2, 0.25) is 0 Å². The molecule has 1 rings (SSSR count). The summed E-state index contributed by atoms with van der Waals surface area (Å²) in [6, 6.07) is 0. The highest BCUT2D eigenvalue weighted by Gasteiger charge is 1.98. The number of methoxy groups -OCH3 is 1. The lowest BCUT2D eigenvalue weighted by Crippen LogP contribution is -2.02. The summed E-state index contributed by atoms with van der Waals surface area (Å²) in [6.45, 7) is 1.51. The van der Waals surface area contributed by atoms with Gasteiger partial charge in [-0.3, -0.25) is 0 Å². The molecule has 0 atom stereocenters. The lowest BCUT2D eigenvalue weighted by molar-refractivity contribution is 0.184. The minimum atomic E-state index is 0.619. The second-order valence-corrected chi connectivity index (χ2v) is 3.38. The highest BCUT2D eigenvalue weighted by molar-refractivity contribution is 7.11. The molecule has 1 N–H and O–H groups in total. The van der Waals surface area contributed by atoms with Crippen molar-refractivity contribution in [3.05, 3.63) is 16.1 Å². The Morgan fingerprint density at radius 2 is 2.55 bits per heavy atom. The van der Waals surface area contributed by atoms with Gasteiger partial charge in [-0.25, -0.2) is 4.98 Å². The Morgan fingerprint density at radius 3 is 3.18 bits per heavy atom. The second-order valence-electron chi connectivity index (χ2n) is 2.18. The highest BCUT2D eigenvalue weighted by atomic mass is 32.1. The maximum absolute atomic E-state index is 4.95. The summed E-state index contributed by atoms with van der Waals surface area (Å²) < 4.78 is 4.95. The zero-order chi connectivity index (χ0) is 8.10. The molecule has 1 aromatic heterocycles. The molecule has 0 aliphatic carbocycles. The molecule has 0 bridgehead atoms. The molecule has 0 amide bonds. The zero-order valence-corrected chi connectivity index (χ0v) is 7.57. The number of hydrogen-bond donors (Lipinski definition) is 1. The fraction of sp³-hybridized carbons (Fsp3) is 0.571. The van der Waals surface area contributed by atoms with Crippen molar-refractivity contribution < 1.29 is 4.74 Å². The van der Waals surface area contributed by atoms with Crippen LogP contribution in [0.4, 0.5) is 0 Å². The molecular weight excluding hydrogens is 160 g/mol. The van der Waals surface area contributed by atoms with Gasteiger partial charge in [0.05, 0.1) is 6.61 Å². The fourth-order valence-electron chi connectivity index (χ4n) is 0.794. The molecular formula is C7H12N2OS. The van der Waals surface area contributed by atoms with Gasteiger partial charge in [-0.15, -0.1) is 11.3 Å². The van der Waals surface area contributed by atoms with Crippen molar-refractivity contribution in [2.24, 2.45) is 0 Å². The van der Waals surface area contributed by atoms with E-state index in [-0.39, 0.29) is 0 Å². The van der Waals surface area contributed by atoms with Crippen LogP contribution in [0, 0.1) is 0 Å². The van der Waals surface area contributed by atoms with E-state index in [1.807, 2.05) is 13.2 Å². The molecule has 3 nitrogen and oxygen atoms in total. The van der Waals surface area contributed by atoms with Crippen LogP contribution in [0.1, 0.15) is 9.88 Å². The van der Waals surface area contributed by atoms with E-state index >= 15 is 0 Å². The molecule has 0 spiro atoms. The SMILES string of the molecule is CNCc1cnc(COC)s1. The van der Waals surface area contributed by atoms with Crippen LogP contribution in [0.5, 0.6) is 0 Å². The van der Waals surface area contributed by atoms with Crippen LogP contribution in [-0.2, 0) is 17.9 Å². The third-order valence-corrected chi connectivity index (χ3v) is 2.19. The maximum atomic E-state index is 4.95. The first kappa shape index (κ1) is 8.64. The summed E-state index contributed by atoms with van der Waals surface area (Å²) in [5, 5.41) is 4.11. The maximum Gasteiger partial charge on any atom is 0.119 e. The Labute approximate surface area is 70.4 Å². The summed E-state index contributed by atoms with van der Waals surface area (Å²) in [5.74, 6) is 0. The van der Waals surface area contributed by atoms with E-state index in [1.165, 1.54) is 4.88 Å².